The molecule has 39 heavy (non-hydrogen) atoms. The van der Waals surface area contributed by atoms with Crippen molar-refractivity contribution in [3.05, 3.63) is 95.0 Å². The Morgan fingerprint density at radius 3 is 2.15 bits per heavy atom. The number of carbonyl (C=O) groups excluding carboxylic acids is 2. The van der Waals surface area contributed by atoms with Gasteiger partial charge in [-0.15, -0.1) is 0 Å². The maximum atomic E-state index is 14.0. The maximum Gasteiger partial charge on any atom is 0.264 e. The molecule has 0 fully saturated rings. The first kappa shape index (κ1) is 30.2. The zero-order valence-corrected chi connectivity index (χ0v) is 24.2. The minimum Gasteiger partial charge on any atom is -0.354 e. The highest BCUT2D eigenvalue weighted by Gasteiger charge is 2.33. The molecular weight excluding hydrogens is 534 g/mol. The molecule has 0 aliphatic carbocycles. The molecule has 0 saturated heterocycles. The van der Waals surface area contributed by atoms with Gasteiger partial charge in [0, 0.05) is 18.1 Å². The number of nitrogens with zero attached hydrogens (tertiary/aromatic N) is 2. The van der Waals surface area contributed by atoms with Crippen LogP contribution in [0.1, 0.15) is 44.2 Å². The van der Waals surface area contributed by atoms with E-state index in [1.54, 1.807) is 24.3 Å². The van der Waals surface area contributed by atoms with E-state index < -0.39 is 28.5 Å². The van der Waals surface area contributed by atoms with Crippen LogP contribution >= 0.6 is 11.6 Å². The molecule has 3 aromatic rings. The van der Waals surface area contributed by atoms with Crippen molar-refractivity contribution in [1.29, 1.82) is 0 Å². The molecule has 0 radical (unpaired) electrons. The van der Waals surface area contributed by atoms with E-state index in [2.05, 4.69) is 5.32 Å². The van der Waals surface area contributed by atoms with Crippen LogP contribution in [-0.4, -0.2) is 44.3 Å². The quantitative estimate of drug-likeness (QED) is 0.273. The van der Waals surface area contributed by atoms with Crippen LogP contribution in [0.3, 0.4) is 0 Å². The SMILES string of the molecule is CCCCNC(=O)C(CC)N(Cc1ccccc1)C(=O)CN(c1ccc(C)cc1)S(=O)(=O)c1ccc(Cl)cc1. The van der Waals surface area contributed by atoms with Crippen LogP contribution in [0.2, 0.25) is 5.02 Å². The number of hydrogen-bond donors (Lipinski definition) is 1. The Labute approximate surface area is 236 Å². The molecule has 7 nitrogen and oxygen atoms in total. The van der Waals surface area contributed by atoms with Gasteiger partial charge in [-0.25, -0.2) is 8.42 Å². The van der Waals surface area contributed by atoms with E-state index in [-0.39, 0.29) is 17.3 Å². The lowest BCUT2D eigenvalue weighted by Crippen LogP contribution is -2.52. The van der Waals surface area contributed by atoms with Gasteiger partial charge >= 0.3 is 0 Å². The van der Waals surface area contributed by atoms with Crippen molar-refractivity contribution in [2.24, 2.45) is 0 Å². The highest BCUT2D eigenvalue weighted by Crippen LogP contribution is 2.26. The molecule has 0 heterocycles. The summed E-state index contributed by atoms with van der Waals surface area (Å²) in [7, 11) is -4.13. The summed E-state index contributed by atoms with van der Waals surface area (Å²) in [6, 6.07) is 21.4. The fraction of sp³-hybridized carbons (Fsp3) is 0.333. The number of nitrogens with one attached hydrogen (secondary N) is 1. The number of anilines is 1. The Kier molecular flexibility index (Phi) is 10.9. The van der Waals surface area contributed by atoms with Crippen LogP contribution in [0.4, 0.5) is 5.69 Å². The van der Waals surface area contributed by atoms with E-state index in [9.17, 15) is 18.0 Å². The lowest BCUT2D eigenvalue weighted by molar-refractivity contribution is -0.140. The highest BCUT2D eigenvalue weighted by atomic mass is 35.5. The number of sulfonamides is 1. The minimum atomic E-state index is -4.13. The maximum absolute atomic E-state index is 14.0. The smallest absolute Gasteiger partial charge is 0.264 e. The third-order valence-electron chi connectivity index (χ3n) is 6.41. The topological polar surface area (TPSA) is 86.8 Å². The van der Waals surface area contributed by atoms with Gasteiger partial charge in [-0.05, 0) is 61.7 Å². The van der Waals surface area contributed by atoms with E-state index in [1.165, 1.54) is 29.2 Å². The summed E-state index contributed by atoms with van der Waals surface area (Å²) in [6.07, 6.45) is 2.14. The van der Waals surface area contributed by atoms with Crippen LogP contribution in [0.25, 0.3) is 0 Å². The number of benzene rings is 3. The van der Waals surface area contributed by atoms with Gasteiger partial charge in [-0.2, -0.15) is 0 Å². The van der Waals surface area contributed by atoms with Crippen molar-refractivity contribution in [1.82, 2.24) is 10.2 Å². The fourth-order valence-electron chi connectivity index (χ4n) is 4.18. The molecule has 0 bridgehead atoms. The Hall–Kier alpha value is -3.36. The second-order valence-corrected chi connectivity index (χ2v) is 11.7. The molecule has 0 saturated carbocycles. The van der Waals surface area contributed by atoms with Gasteiger partial charge in [0.05, 0.1) is 10.6 Å². The molecule has 3 rings (SSSR count). The molecule has 0 aliphatic rings. The largest absolute Gasteiger partial charge is 0.354 e. The molecule has 9 heteroatoms. The summed E-state index contributed by atoms with van der Waals surface area (Å²) in [5.41, 5.74) is 2.14. The molecule has 2 amide bonds. The zero-order valence-electron chi connectivity index (χ0n) is 22.6. The molecule has 1 atom stereocenters. The van der Waals surface area contributed by atoms with Crippen LogP contribution in [0, 0.1) is 6.92 Å². The number of amides is 2. The predicted octanol–water partition coefficient (Wildman–Crippen LogP) is 5.57. The number of carbonyl (C=O) groups is 2. The first-order valence-corrected chi connectivity index (χ1v) is 14.9. The third-order valence-corrected chi connectivity index (χ3v) is 8.45. The van der Waals surface area contributed by atoms with Crippen molar-refractivity contribution in [2.75, 3.05) is 17.4 Å². The molecule has 1 unspecified atom stereocenters. The van der Waals surface area contributed by atoms with Gasteiger partial charge in [0.2, 0.25) is 11.8 Å². The van der Waals surface area contributed by atoms with Crippen molar-refractivity contribution in [2.45, 2.75) is 57.5 Å². The molecule has 208 valence electrons. The van der Waals surface area contributed by atoms with E-state index in [4.69, 9.17) is 11.6 Å². The average Bonchev–Trinajstić information content (AvgIpc) is 2.93. The summed E-state index contributed by atoms with van der Waals surface area (Å²) in [5.74, 6) is -0.730. The monoisotopic (exact) mass is 569 g/mol. The number of rotatable bonds is 13. The lowest BCUT2D eigenvalue weighted by Gasteiger charge is -2.33. The van der Waals surface area contributed by atoms with E-state index >= 15 is 0 Å². The van der Waals surface area contributed by atoms with Gasteiger partial charge in [0.25, 0.3) is 10.0 Å². The van der Waals surface area contributed by atoms with Gasteiger partial charge in [0.1, 0.15) is 12.6 Å². The second-order valence-electron chi connectivity index (χ2n) is 9.38. The summed E-state index contributed by atoms with van der Waals surface area (Å²) in [4.78, 5) is 28.7. The normalized spacial score (nSPS) is 12.0. The molecule has 0 aromatic heterocycles. The Morgan fingerprint density at radius 2 is 1.56 bits per heavy atom. The first-order valence-electron chi connectivity index (χ1n) is 13.1. The fourth-order valence-corrected chi connectivity index (χ4v) is 5.72. The number of halogens is 1. The molecule has 1 N–H and O–H groups in total. The van der Waals surface area contributed by atoms with E-state index in [1.807, 2.05) is 51.1 Å². The van der Waals surface area contributed by atoms with E-state index in [0.29, 0.717) is 23.7 Å². The number of aryl methyl sites for hydroxylation is 1. The van der Waals surface area contributed by atoms with Crippen molar-refractivity contribution in [3.8, 4) is 0 Å². The van der Waals surface area contributed by atoms with E-state index in [0.717, 1.165) is 28.3 Å². The highest BCUT2D eigenvalue weighted by molar-refractivity contribution is 7.92. The van der Waals surface area contributed by atoms with Crippen LogP contribution in [-0.2, 0) is 26.2 Å². The summed E-state index contributed by atoms with van der Waals surface area (Å²) in [6.45, 7) is 5.99. The molecule has 0 spiro atoms. The molecular formula is C30H36ClN3O4S. The summed E-state index contributed by atoms with van der Waals surface area (Å²) >= 11 is 6.00. The van der Waals surface area contributed by atoms with Crippen LogP contribution in [0.15, 0.2) is 83.8 Å². The standard InChI is InChI=1S/C30H36ClN3O4S/c1-4-6-20-32-30(36)28(5-2)33(21-24-10-8-7-9-11-24)29(35)22-34(26-16-12-23(3)13-17-26)39(37,38)27-18-14-25(31)15-19-27/h7-19,28H,4-6,20-22H2,1-3H3,(H,32,36). The van der Waals surface area contributed by atoms with Crippen LogP contribution < -0.4 is 9.62 Å². The Bertz CT molecular complexity index is 1330. The minimum absolute atomic E-state index is 0.0132. The zero-order chi connectivity index (χ0) is 28.4. The molecule has 0 aliphatic heterocycles. The Morgan fingerprint density at radius 1 is 0.923 bits per heavy atom. The Balaban J connectivity index is 2.01. The average molecular weight is 570 g/mol. The summed E-state index contributed by atoms with van der Waals surface area (Å²) < 4.78 is 28.7. The lowest BCUT2D eigenvalue weighted by atomic mass is 10.1. The van der Waals surface area contributed by atoms with Crippen LogP contribution in [0.5, 0.6) is 0 Å². The predicted molar refractivity (Wildman–Crippen MR) is 156 cm³/mol. The van der Waals surface area contributed by atoms with Crippen molar-refractivity contribution < 1.29 is 18.0 Å². The van der Waals surface area contributed by atoms with Gasteiger partial charge in [0.15, 0.2) is 0 Å². The molecule has 3 aromatic carbocycles. The van der Waals surface area contributed by atoms with Gasteiger partial charge < -0.3 is 10.2 Å². The first-order chi connectivity index (χ1) is 18.7. The van der Waals surface area contributed by atoms with Gasteiger partial charge in [-0.3, -0.25) is 13.9 Å². The van der Waals surface area contributed by atoms with Crippen molar-refractivity contribution >= 4 is 39.1 Å². The second kappa shape index (κ2) is 14.1. The summed E-state index contributed by atoms with van der Waals surface area (Å²) in [5, 5.41) is 3.33. The third kappa shape index (κ3) is 8.07. The number of hydrogen-bond acceptors (Lipinski definition) is 4. The van der Waals surface area contributed by atoms with Gasteiger partial charge in [-0.1, -0.05) is 79.9 Å². The van der Waals surface area contributed by atoms with Crippen molar-refractivity contribution in [3.63, 3.8) is 0 Å². The number of unbranched alkanes of at least 4 members (excludes halogenated alkanes) is 1.